The Bertz CT molecular complexity index is 1170. The quantitative estimate of drug-likeness (QED) is 0.223. The van der Waals surface area contributed by atoms with Crippen LogP contribution in [-0.4, -0.2) is 18.3 Å². The molecule has 38 heavy (non-hydrogen) atoms. The fourth-order valence-corrected chi connectivity index (χ4v) is 6.35. The molecule has 2 fully saturated rings. The largest absolute Gasteiger partial charge is 0.494 e. The normalized spacial score (nSPS) is 22.5. The fourth-order valence-electron chi connectivity index (χ4n) is 6.35. The molecule has 1 saturated heterocycles. The Hall–Kier alpha value is -2.36. The number of hydrogen-bond donors (Lipinski definition) is 0. The van der Waals surface area contributed by atoms with Crippen LogP contribution in [-0.2, 0) is 9.31 Å². The van der Waals surface area contributed by atoms with Gasteiger partial charge in [-0.3, -0.25) is 0 Å². The Balaban J connectivity index is 1.44. The van der Waals surface area contributed by atoms with Crippen molar-refractivity contribution < 1.29 is 9.31 Å². The molecular weight excluding hydrogens is 463 g/mol. The van der Waals surface area contributed by atoms with Gasteiger partial charge in [-0.2, -0.15) is 0 Å². The summed E-state index contributed by atoms with van der Waals surface area (Å²) in [6.45, 7) is 10.8. The lowest BCUT2D eigenvalue weighted by atomic mass is 9.73. The topological polar surface area (TPSA) is 18.5 Å². The Morgan fingerprint density at radius 2 is 1.26 bits per heavy atom. The Morgan fingerprint density at radius 1 is 0.684 bits per heavy atom. The third-order valence-corrected chi connectivity index (χ3v) is 9.41. The van der Waals surface area contributed by atoms with Crippen molar-refractivity contribution in [1.82, 2.24) is 0 Å². The molecule has 3 aromatic rings. The third-order valence-electron chi connectivity index (χ3n) is 9.41. The molecule has 0 unspecified atom stereocenters. The van der Waals surface area contributed by atoms with E-state index in [2.05, 4.69) is 107 Å². The Kier molecular flexibility index (Phi) is 8.17. The highest BCUT2D eigenvalue weighted by molar-refractivity contribution is 6.62. The summed E-state index contributed by atoms with van der Waals surface area (Å²) in [4.78, 5) is 0. The van der Waals surface area contributed by atoms with Gasteiger partial charge in [0.25, 0.3) is 0 Å². The van der Waals surface area contributed by atoms with Crippen LogP contribution in [0.3, 0.4) is 0 Å². The first-order chi connectivity index (χ1) is 18.3. The zero-order valence-corrected chi connectivity index (χ0v) is 24.1. The van der Waals surface area contributed by atoms with Crippen LogP contribution in [0.15, 0.2) is 72.8 Å². The molecule has 0 radical (unpaired) electrons. The molecule has 3 aromatic carbocycles. The maximum atomic E-state index is 6.31. The first-order valence-corrected chi connectivity index (χ1v) is 14.9. The molecule has 1 aliphatic carbocycles. The molecule has 1 aliphatic heterocycles. The standard InChI is InChI=1S/C35H45BO2/c1-6-7-9-13-26-18-20-29(21-19-26)33-31(27-14-10-8-11-15-27)16-12-17-32(33)28-22-24-30(25-23-28)36-37-34(2,3)35(4,5)38-36/h8,10-12,14-17,22-26,29H,6-7,9,13,18-21H2,1-5H3. The van der Waals surface area contributed by atoms with E-state index in [1.807, 2.05) is 0 Å². The van der Waals surface area contributed by atoms with Crippen LogP contribution in [0.2, 0.25) is 0 Å². The van der Waals surface area contributed by atoms with E-state index in [-0.39, 0.29) is 18.3 Å². The van der Waals surface area contributed by atoms with Gasteiger partial charge in [0.1, 0.15) is 0 Å². The molecule has 0 amide bonds. The van der Waals surface area contributed by atoms with E-state index in [9.17, 15) is 0 Å². The number of hydrogen-bond acceptors (Lipinski definition) is 2. The van der Waals surface area contributed by atoms with Crippen LogP contribution in [0.1, 0.15) is 97.5 Å². The average molecular weight is 509 g/mol. The maximum absolute atomic E-state index is 6.31. The predicted molar refractivity (Wildman–Crippen MR) is 162 cm³/mol. The van der Waals surface area contributed by atoms with Gasteiger partial charge in [-0.15, -0.1) is 0 Å². The zero-order valence-electron chi connectivity index (χ0n) is 24.1. The SMILES string of the molecule is CCCCCC1CCC(c2c(-c3ccccc3)cccc2-c2ccc(B3OC(C)(C)C(C)(C)O3)cc2)CC1. The van der Waals surface area contributed by atoms with Crippen LogP contribution in [0.5, 0.6) is 0 Å². The summed E-state index contributed by atoms with van der Waals surface area (Å²) < 4.78 is 12.6. The van der Waals surface area contributed by atoms with Gasteiger partial charge in [0.05, 0.1) is 11.2 Å². The summed E-state index contributed by atoms with van der Waals surface area (Å²) in [5.41, 5.74) is 7.33. The van der Waals surface area contributed by atoms with Crippen molar-refractivity contribution in [3.63, 3.8) is 0 Å². The molecule has 0 bridgehead atoms. The van der Waals surface area contributed by atoms with E-state index in [0.717, 1.165) is 11.4 Å². The van der Waals surface area contributed by atoms with Gasteiger partial charge in [-0.05, 0) is 98.5 Å². The van der Waals surface area contributed by atoms with Gasteiger partial charge in [-0.1, -0.05) is 105 Å². The maximum Gasteiger partial charge on any atom is 0.494 e. The third kappa shape index (κ3) is 5.65. The molecule has 2 nitrogen and oxygen atoms in total. The van der Waals surface area contributed by atoms with Crippen molar-refractivity contribution in [2.24, 2.45) is 5.92 Å². The lowest BCUT2D eigenvalue weighted by Gasteiger charge is -2.32. The molecule has 1 heterocycles. The zero-order chi connectivity index (χ0) is 26.8. The first-order valence-electron chi connectivity index (χ1n) is 14.9. The van der Waals surface area contributed by atoms with Gasteiger partial charge < -0.3 is 9.31 Å². The van der Waals surface area contributed by atoms with Crippen molar-refractivity contribution >= 4 is 12.6 Å². The summed E-state index contributed by atoms with van der Waals surface area (Å²) in [5.74, 6) is 1.51. The van der Waals surface area contributed by atoms with Crippen molar-refractivity contribution in [3.05, 3.63) is 78.4 Å². The highest BCUT2D eigenvalue weighted by Crippen LogP contribution is 2.45. The van der Waals surface area contributed by atoms with Crippen LogP contribution in [0.25, 0.3) is 22.3 Å². The van der Waals surface area contributed by atoms with Gasteiger partial charge in [0.15, 0.2) is 0 Å². The molecule has 5 rings (SSSR count). The highest BCUT2D eigenvalue weighted by Gasteiger charge is 2.51. The summed E-state index contributed by atoms with van der Waals surface area (Å²) in [6.07, 6.45) is 10.8. The van der Waals surface area contributed by atoms with Gasteiger partial charge in [0.2, 0.25) is 0 Å². The van der Waals surface area contributed by atoms with E-state index in [0.29, 0.717) is 5.92 Å². The van der Waals surface area contributed by atoms with Crippen LogP contribution < -0.4 is 5.46 Å². The summed E-state index contributed by atoms with van der Waals surface area (Å²) >= 11 is 0. The number of benzene rings is 3. The highest BCUT2D eigenvalue weighted by atomic mass is 16.7. The van der Waals surface area contributed by atoms with Crippen LogP contribution in [0.4, 0.5) is 0 Å². The second-order valence-corrected chi connectivity index (χ2v) is 12.6. The van der Waals surface area contributed by atoms with Gasteiger partial charge in [-0.25, -0.2) is 0 Å². The predicted octanol–water partition coefficient (Wildman–Crippen LogP) is 9.17. The molecule has 3 heteroatoms. The molecule has 0 aromatic heterocycles. The van der Waals surface area contributed by atoms with Crippen LogP contribution in [0, 0.1) is 5.92 Å². The fraction of sp³-hybridized carbons (Fsp3) is 0.486. The van der Waals surface area contributed by atoms with Crippen molar-refractivity contribution in [1.29, 1.82) is 0 Å². The van der Waals surface area contributed by atoms with E-state index in [1.165, 1.54) is 79.2 Å². The lowest BCUT2D eigenvalue weighted by molar-refractivity contribution is 0.00578. The van der Waals surface area contributed by atoms with Crippen LogP contribution >= 0.6 is 0 Å². The molecule has 0 spiro atoms. The van der Waals surface area contributed by atoms with Crippen molar-refractivity contribution in [2.75, 3.05) is 0 Å². The van der Waals surface area contributed by atoms with Gasteiger partial charge in [0, 0.05) is 0 Å². The Morgan fingerprint density at radius 3 is 1.84 bits per heavy atom. The Labute approximate surface area is 231 Å². The van der Waals surface area contributed by atoms with E-state index >= 15 is 0 Å². The van der Waals surface area contributed by atoms with E-state index < -0.39 is 0 Å². The molecule has 0 atom stereocenters. The molecule has 1 saturated carbocycles. The van der Waals surface area contributed by atoms with Crippen molar-refractivity contribution in [3.8, 4) is 22.3 Å². The first kappa shape index (κ1) is 27.2. The second kappa shape index (κ2) is 11.4. The molecule has 0 N–H and O–H groups in total. The lowest BCUT2D eigenvalue weighted by Crippen LogP contribution is -2.41. The number of rotatable bonds is 8. The minimum Gasteiger partial charge on any atom is -0.399 e. The monoisotopic (exact) mass is 508 g/mol. The van der Waals surface area contributed by atoms with E-state index in [1.54, 1.807) is 0 Å². The number of unbranched alkanes of at least 4 members (excludes halogenated alkanes) is 2. The van der Waals surface area contributed by atoms with E-state index in [4.69, 9.17) is 9.31 Å². The second-order valence-electron chi connectivity index (χ2n) is 12.6. The smallest absolute Gasteiger partial charge is 0.399 e. The molecular formula is C35H45BO2. The summed E-state index contributed by atoms with van der Waals surface area (Å²) in [7, 11) is -0.327. The minimum atomic E-state index is -0.330. The minimum absolute atomic E-state index is 0.327. The summed E-state index contributed by atoms with van der Waals surface area (Å²) in [5, 5.41) is 0. The molecule has 200 valence electrons. The molecule has 2 aliphatic rings. The van der Waals surface area contributed by atoms with Crippen molar-refractivity contribution in [2.45, 2.75) is 103 Å². The summed E-state index contributed by atoms with van der Waals surface area (Å²) in [6, 6.07) is 26.8. The average Bonchev–Trinajstić information content (AvgIpc) is 3.16. The van der Waals surface area contributed by atoms with Gasteiger partial charge >= 0.3 is 7.12 Å².